The van der Waals surface area contributed by atoms with Gasteiger partial charge in [0.25, 0.3) is 0 Å². The van der Waals surface area contributed by atoms with Crippen LogP contribution in [0.2, 0.25) is 0 Å². The summed E-state index contributed by atoms with van der Waals surface area (Å²) in [4.78, 5) is 2.30. The first-order valence-electron chi connectivity index (χ1n) is 5.63. The molecule has 1 aromatic rings. The van der Waals surface area contributed by atoms with E-state index < -0.39 is 0 Å². The summed E-state index contributed by atoms with van der Waals surface area (Å²) in [5, 5.41) is 12.9. The van der Waals surface area contributed by atoms with Gasteiger partial charge in [-0.25, -0.2) is 0 Å². The topological polar surface area (TPSA) is 35.5 Å². The molecule has 1 fully saturated rings. The minimum absolute atomic E-state index is 0.143. The summed E-state index contributed by atoms with van der Waals surface area (Å²) in [6, 6.07) is 6.40. The van der Waals surface area contributed by atoms with Crippen LogP contribution in [0.4, 0.5) is 11.4 Å². The van der Waals surface area contributed by atoms with Gasteiger partial charge in [-0.15, -0.1) is 0 Å². The van der Waals surface area contributed by atoms with Crippen LogP contribution in [0.5, 0.6) is 0 Å². The number of rotatable bonds is 1. The number of β-amino-alcohol motifs (C(OH)–C–C–N with tert-alkyl or cyclic N) is 1. The van der Waals surface area contributed by atoms with Crippen LogP contribution in [-0.2, 0) is 6.42 Å². The fourth-order valence-electron chi connectivity index (χ4n) is 2.58. The van der Waals surface area contributed by atoms with Crippen LogP contribution in [0.25, 0.3) is 0 Å². The first-order valence-corrected chi connectivity index (χ1v) is 5.63. The van der Waals surface area contributed by atoms with Crippen molar-refractivity contribution in [3.05, 3.63) is 23.8 Å². The zero-order valence-electron chi connectivity index (χ0n) is 8.74. The highest BCUT2D eigenvalue weighted by Gasteiger charge is 2.24. The largest absolute Gasteiger partial charge is 0.391 e. The van der Waals surface area contributed by atoms with Crippen molar-refractivity contribution in [3.63, 3.8) is 0 Å². The minimum atomic E-state index is -0.143. The normalized spacial score (nSPS) is 24.1. The first kappa shape index (κ1) is 9.04. The Hall–Kier alpha value is -1.22. The fraction of sp³-hybridized carbons (Fsp3) is 0.500. The zero-order chi connectivity index (χ0) is 10.3. The standard InChI is InChI=1S/C12H16N2O/c15-9-5-7-14(8-9)12-3-1-2-11-10(12)4-6-13-11/h1-3,9,13,15H,4-8H2. The maximum Gasteiger partial charge on any atom is 0.0731 e. The van der Waals surface area contributed by atoms with Crippen LogP contribution < -0.4 is 10.2 Å². The molecule has 0 aliphatic carbocycles. The number of hydrogen-bond donors (Lipinski definition) is 2. The van der Waals surface area contributed by atoms with E-state index in [-0.39, 0.29) is 6.10 Å². The molecule has 0 amide bonds. The van der Waals surface area contributed by atoms with E-state index in [4.69, 9.17) is 0 Å². The molecule has 0 aromatic heterocycles. The van der Waals surface area contributed by atoms with Gasteiger partial charge in [0.2, 0.25) is 0 Å². The number of aliphatic hydroxyl groups is 1. The lowest BCUT2D eigenvalue weighted by Gasteiger charge is -2.20. The van der Waals surface area contributed by atoms with Crippen LogP contribution in [-0.4, -0.2) is 30.8 Å². The second-order valence-electron chi connectivity index (χ2n) is 4.37. The molecule has 0 saturated carbocycles. The Bertz CT molecular complexity index is 378. The second-order valence-corrected chi connectivity index (χ2v) is 4.37. The van der Waals surface area contributed by atoms with Crippen molar-refractivity contribution in [1.82, 2.24) is 0 Å². The summed E-state index contributed by atoms with van der Waals surface area (Å²) in [5.41, 5.74) is 4.01. The number of hydrogen-bond acceptors (Lipinski definition) is 3. The van der Waals surface area contributed by atoms with Gasteiger partial charge in [0.1, 0.15) is 0 Å². The molecular formula is C12H16N2O. The molecule has 3 heteroatoms. The van der Waals surface area contributed by atoms with Crippen molar-refractivity contribution in [1.29, 1.82) is 0 Å². The molecular weight excluding hydrogens is 188 g/mol. The van der Waals surface area contributed by atoms with E-state index in [2.05, 4.69) is 28.4 Å². The highest BCUT2D eigenvalue weighted by atomic mass is 16.3. The van der Waals surface area contributed by atoms with E-state index in [0.717, 1.165) is 32.5 Å². The number of nitrogens with one attached hydrogen (secondary N) is 1. The number of anilines is 2. The predicted molar refractivity (Wildman–Crippen MR) is 61.5 cm³/mol. The maximum atomic E-state index is 9.55. The van der Waals surface area contributed by atoms with Crippen molar-refractivity contribution in [2.24, 2.45) is 0 Å². The Morgan fingerprint density at radius 2 is 2.33 bits per heavy atom. The van der Waals surface area contributed by atoms with Crippen molar-refractivity contribution < 1.29 is 5.11 Å². The van der Waals surface area contributed by atoms with E-state index in [1.807, 2.05) is 0 Å². The van der Waals surface area contributed by atoms with Gasteiger partial charge >= 0.3 is 0 Å². The highest BCUT2D eigenvalue weighted by molar-refractivity contribution is 5.69. The van der Waals surface area contributed by atoms with E-state index in [1.54, 1.807) is 0 Å². The molecule has 80 valence electrons. The molecule has 15 heavy (non-hydrogen) atoms. The van der Waals surface area contributed by atoms with Gasteiger partial charge in [0.05, 0.1) is 6.10 Å². The maximum absolute atomic E-state index is 9.55. The molecule has 2 N–H and O–H groups in total. The SMILES string of the molecule is OC1CCN(c2cccc3c2CCN3)C1. The van der Waals surface area contributed by atoms with Crippen LogP contribution in [0, 0.1) is 0 Å². The van der Waals surface area contributed by atoms with Gasteiger partial charge in [-0.1, -0.05) is 6.07 Å². The van der Waals surface area contributed by atoms with Crippen LogP contribution in [0.15, 0.2) is 18.2 Å². The second kappa shape index (κ2) is 3.42. The molecule has 2 aliphatic heterocycles. The predicted octanol–water partition coefficient (Wildman–Crippen LogP) is 1.23. The Balaban J connectivity index is 1.95. The summed E-state index contributed by atoms with van der Waals surface area (Å²) < 4.78 is 0. The third-order valence-corrected chi connectivity index (χ3v) is 3.35. The molecule has 2 aliphatic rings. The summed E-state index contributed by atoms with van der Waals surface area (Å²) in [7, 11) is 0. The highest BCUT2D eigenvalue weighted by Crippen LogP contribution is 2.33. The summed E-state index contributed by atoms with van der Waals surface area (Å²) >= 11 is 0. The van der Waals surface area contributed by atoms with E-state index in [9.17, 15) is 5.11 Å². The monoisotopic (exact) mass is 204 g/mol. The molecule has 1 saturated heterocycles. The van der Waals surface area contributed by atoms with Gasteiger partial charge in [0, 0.05) is 36.6 Å². The molecule has 1 atom stereocenters. The first-order chi connectivity index (χ1) is 7.34. The Morgan fingerprint density at radius 1 is 1.40 bits per heavy atom. The quantitative estimate of drug-likeness (QED) is 0.722. The Labute approximate surface area is 89.7 Å². The van der Waals surface area contributed by atoms with Crippen molar-refractivity contribution in [2.45, 2.75) is 18.9 Å². The lowest BCUT2D eigenvalue weighted by Crippen LogP contribution is -2.22. The summed E-state index contributed by atoms with van der Waals surface area (Å²) in [5.74, 6) is 0. The Kier molecular flexibility index (Phi) is 2.06. The smallest absolute Gasteiger partial charge is 0.0731 e. The summed E-state index contributed by atoms with van der Waals surface area (Å²) in [6.07, 6.45) is 1.87. The van der Waals surface area contributed by atoms with Gasteiger partial charge in [-0.2, -0.15) is 0 Å². The molecule has 3 nitrogen and oxygen atoms in total. The molecule has 1 unspecified atom stereocenters. The van der Waals surface area contributed by atoms with Crippen LogP contribution in [0.3, 0.4) is 0 Å². The molecule has 2 heterocycles. The van der Waals surface area contributed by atoms with Crippen molar-refractivity contribution in [3.8, 4) is 0 Å². The molecule has 0 radical (unpaired) electrons. The molecule has 0 spiro atoms. The zero-order valence-corrected chi connectivity index (χ0v) is 8.74. The third kappa shape index (κ3) is 1.47. The van der Waals surface area contributed by atoms with Crippen molar-refractivity contribution >= 4 is 11.4 Å². The Morgan fingerprint density at radius 3 is 3.13 bits per heavy atom. The van der Waals surface area contributed by atoms with Crippen LogP contribution in [0.1, 0.15) is 12.0 Å². The summed E-state index contributed by atoms with van der Waals surface area (Å²) in [6.45, 7) is 2.82. The van der Waals surface area contributed by atoms with Crippen LogP contribution >= 0.6 is 0 Å². The molecule has 0 bridgehead atoms. The number of aliphatic hydroxyl groups excluding tert-OH is 1. The lowest BCUT2D eigenvalue weighted by molar-refractivity contribution is 0.198. The minimum Gasteiger partial charge on any atom is -0.391 e. The lowest BCUT2D eigenvalue weighted by atomic mass is 10.1. The number of benzene rings is 1. The molecule has 3 rings (SSSR count). The van der Waals surface area contributed by atoms with E-state index in [1.165, 1.54) is 16.9 Å². The van der Waals surface area contributed by atoms with E-state index in [0.29, 0.717) is 0 Å². The number of fused-ring (bicyclic) bond motifs is 1. The molecule has 1 aromatic carbocycles. The van der Waals surface area contributed by atoms with Gasteiger partial charge < -0.3 is 15.3 Å². The van der Waals surface area contributed by atoms with Gasteiger partial charge in [-0.05, 0) is 25.0 Å². The van der Waals surface area contributed by atoms with Gasteiger partial charge in [0.15, 0.2) is 0 Å². The van der Waals surface area contributed by atoms with E-state index >= 15 is 0 Å². The average Bonchev–Trinajstić information content (AvgIpc) is 2.84. The fourth-order valence-corrected chi connectivity index (χ4v) is 2.58. The average molecular weight is 204 g/mol. The van der Waals surface area contributed by atoms with Crippen molar-refractivity contribution in [2.75, 3.05) is 29.9 Å². The number of nitrogens with zero attached hydrogens (tertiary/aromatic N) is 1. The van der Waals surface area contributed by atoms with Gasteiger partial charge in [-0.3, -0.25) is 0 Å². The third-order valence-electron chi connectivity index (χ3n) is 3.35.